The van der Waals surface area contributed by atoms with Crippen molar-refractivity contribution in [3.63, 3.8) is 0 Å². The van der Waals surface area contributed by atoms with Crippen LogP contribution < -0.4 is 0 Å². The highest BCUT2D eigenvalue weighted by Gasteiger charge is 2.54. The van der Waals surface area contributed by atoms with Crippen molar-refractivity contribution >= 4 is 0 Å². The maximum Gasteiger partial charge on any atom is 0.161 e. The molecule has 21 rings (SSSR count). The van der Waals surface area contributed by atoms with Crippen LogP contribution in [0.1, 0.15) is 214 Å². The molecule has 21 saturated heterocycles. The van der Waals surface area contributed by atoms with Crippen LogP contribution in [0.3, 0.4) is 0 Å². The molecule has 474 valence electrons. The molecule has 0 radical (unpaired) electrons. The molecule has 21 aliphatic rings. The zero-order chi connectivity index (χ0) is 57.9. The molecule has 21 heterocycles. The molecule has 14 bridgehead atoms. The Kier molecular flexibility index (Phi) is 28.2. The van der Waals surface area contributed by atoms with Crippen molar-refractivity contribution < 1.29 is 66.3 Å². The Morgan fingerprint density at radius 3 is 0.400 bits per heavy atom. The van der Waals surface area contributed by atoms with Crippen molar-refractivity contribution in [2.24, 2.45) is 82.9 Å². The number of hydrogen-bond acceptors (Lipinski definition) is 14. The number of hydrogen-bond donors (Lipinski definition) is 0. The van der Waals surface area contributed by atoms with Gasteiger partial charge in [0.25, 0.3) is 0 Å². The van der Waals surface area contributed by atoms with Crippen molar-refractivity contribution in [1.29, 1.82) is 0 Å². The molecule has 0 aromatic rings. The van der Waals surface area contributed by atoms with Gasteiger partial charge in [-0.3, -0.25) is 0 Å². The van der Waals surface area contributed by atoms with Gasteiger partial charge in [0, 0.05) is 41.4 Å². The van der Waals surface area contributed by atoms with E-state index in [0.29, 0.717) is 0 Å². The monoisotopic (exact) mass is 1140 g/mol. The van der Waals surface area contributed by atoms with Gasteiger partial charge in [-0.05, 0) is 89.9 Å². The van der Waals surface area contributed by atoms with E-state index in [9.17, 15) is 0 Å². The number of rotatable bonds is 3. The highest BCUT2D eigenvalue weighted by molar-refractivity contribution is 4.96. The molecule has 21 aliphatic heterocycles. The number of unbranched alkanes of at least 4 members (excludes halogenated alkanes) is 3. The van der Waals surface area contributed by atoms with E-state index >= 15 is 0 Å². The smallest absolute Gasteiger partial charge is 0.161 e. The summed E-state index contributed by atoms with van der Waals surface area (Å²) in [6.45, 7) is 54.4. The van der Waals surface area contributed by atoms with Crippen molar-refractivity contribution in [3.05, 3.63) is 0 Å². The topological polar surface area (TPSA) is 129 Å². The molecule has 0 aliphatic carbocycles. The summed E-state index contributed by atoms with van der Waals surface area (Å²) in [5, 5.41) is 0. The second-order valence-electron chi connectivity index (χ2n) is 26.4. The van der Waals surface area contributed by atoms with Gasteiger partial charge in [0.15, 0.2) is 44.0 Å². The first-order chi connectivity index (χ1) is 36.8. The summed E-state index contributed by atoms with van der Waals surface area (Å²) in [7, 11) is 0. The number of ether oxygens (including phenoxy) is 14. The van der Waals surface area contributed by atoms with E-state index in [1.54, 1.807) is 0 Å². The maximum absolute atomic E-state index is 6.97. The van der Waals surface area contributed by atoms with Crippen molar-refractivity contribution in [3.8, 4) is 0 Å². The molecule has 0 amide bonds. The SMILES string of the molecule is C.C.CC.CC1[C@@H]2OC(C)[C@@H](O[C@H]3OC(C)[C@@H](O[C@@H]4OC(C)[C@@H](O[C@@H]5OC(C)[C@@H](O[C@H]6OC(C)[C@@H](O[C@@H]7OC(C)[C@@H](O[C@@H]8OC(C)[C@@H](O2)[C@H](C)C8C)[C@H](C)C7C)[C@H](C)C6C)[C@H](C)C5C)[C@H](C)C4C)[C@H](C)C3C)[C@@H]1C.CCCCCC. The molecule has 35 atom stereocenters. The summed E-state index contributed by atoms with van der Waals surface area (Å²) in [6, 6.07) is 0. The molecule has 0 aromatic heterocycles. The predicted molar refractivity (Wildman–Crippen MR) is 317 cm³/mol. The average Bonchev–Trinajstić information content (AvgIpc) is 3.42. The molecular formula is C66H126O14. The van der Waals surface area contributed by atoms with Crippen LogP contribution >= 0.6 is 0 Å². The Bertz CT molecular complexity index is 1420. The summed E-state index contributed by atoms with van der Waals surface area (Å²) in [5.41, 5.74) is 0. The predicted octanol–water partition coefficient (Wildman–Crippen LogP) is 14.7. The summed E-state index contributed by atoms with van der Waals surface area (Å²) >= 11 is 0. The molecule has 21 fully saturated rings. The zero-order valence-electron chi connectivity index (χ0n) is 53.8. The molecule has 0 aromatic carbocycles. The summed E-state index contributed by atoms with van der Waals surface area (Å²) in [4.78, 5) is 0. The Morgan fingerprint density at radius 1 is 0.188 bits per heavy atom. The van der Waals surface area contributed by atoms with Crippen LogP contribution in [0.15, 0.2) is 0 Å². The van der Waals surface area contributed by atoms with Crippen LogP contribution in [0.2, 0.25) is 0 Å². The third-order valence-electron chi connectivity index (χ3n) is 21.1. The average molecular weight is 1140 g/mol. The minimum atomic E-state index is -0.419. The van der Waals surface area contributed by atoms with Gasteiger partial charge in [-0.2, -0.15) is 0 Å². The van der Waals surface area contributed by atoms with E-state index in [4.69, 9.17) is 66.3 Å². The maximum atomic E-state index is 6.97. The lowest BCUT2D eigenvalue weighted by atomic mass is 9.81. The lowest BCUT2D eigenvalue weighted by molar-refractivity contribution is -0.364. The standard InChI is InChI=1S/C56H98O14.C6H14.C2H6.2CH4/c1-22-29(8)50-57-36(15)43(22)64-51-30(9)23(2)45(38(17)58-51)66-53-32(11)25(4)47(40(19)60-53)68-55-34(13)27(6)49(42(21)62-55)70-56-35(14)28(7)48(41(20)63-56)69-54-33(12)26(5)46(39(18)61-54)67-52-31(10)24(3)44(65-50)37(16)59-52;1-3-5-6-4-2;1-2;;/h22-56H,1-21H3;3-6H2,1-2H3;1-2H3;2*1H4/t22-,23-,24-,25-,26-,27-,28-,29?,30?,31?,32?,33?,34?,35?,36?,37?,38?,39?,40?,41?,42?,43+,44+,45+,46+,47+,48+,49+,50-,51-,52+,53+,54+,55+,56-;;;;/m1..../s1. The van der Waals surface area contributed by atoms with Gasteiger partial charge in [-0.15, -0.1) is 0 Å². The minimum Gasteiger partial charge on any atom is -0.347 e. The van der Waals surface area contributed by atoms with E-state index in [1.165, 1.54) is 25.7 Å². The van der Waals surface area contributed by atoms with Gasteiger partial charge in [0.2, 0.25) is 0 Å². The largest absolute Gasteiger partial charge is 0.347 e. The summed E-state index contributed by atoms with van der Waals surface area (Å²) < 4.78 is 96.1. The van der Waals surface area contributed by atoms with Gasteiger partial charge < -0.3 is 66.3 Å². The van der Waals surface area contributed by atoms with Crippen LogP contribution in [0.5, 0.6) is 0 Å². The first-order valence-corrected chi connectivity index (χ1v) is 32.0. The Morgan fingerprint density at radius 2 is 0.300 bits per heavy atom. The van der Waals surface area contributed by atoms with Crippen LogP contribution in [0.4, 0.5) is 0 Å². The molecule has 14 nitrogen and oxygen atoms in total. The van der Waals surface area contributed by atoms with E-state index in [-0.39, 0.29) is 183 Å². The summed E-state index contributed by atoms with van der Waals surface area (Å²) in [6.07, 6.45) is -0.247. The van der Waals surface area contributed by atoms with Crippen LogP contribution in [-0.2, 0) is 66.3 Å². The van der Waals surface area contributed by atoms with E-state index < -0.39 is 44.0 Å². The lowest BCUT2D eigenvalue weighted by Crippen LogP contribution is -2.59. The van der Waals surface area contributed by atoms with Crippen molar-refractivity contribution in [1.82, 2.24) is 0 Å². The second-order valence-corrected chi connectivity index (χ2v) is 26.4. The van der Waals surface area contributed by atoms with Gasteiger partial charge in [0.1, 0.15) is 0 Å². The summed E-state index contributed by atoms with van der Waals surface area (Å²) in [5.74, 6) is 1.37. The van der Waals surface area contributed by atoms with Gasteiger partial charge in [-0.25, -0.2) is 0 Å². The fraction of sp³-hybridized carbons (Fsp3) is 1.00. The first-order valence-electron chi connectivity index (χ1n) is 32.0. The second kappa shape index (κ2) is 31.4. The van der Waals surface area contributed by atoms with Gasteiger partial charge in [-0.1, -0.05) is 165 Å². The molecule has 14 heteroatoms. The minimum absolute atomic E-state index is 0. The third kappa shape index (κ3) is 15.6. The first kappa shape index (κ1) is 71.9. The molecular weight excluding hydrogens is 1020 g/mol. The lowest BCUT2D eigenvalue weighted by Gasteiger charge is -2.51. The quantitative estimate of drug-likeness (QED) is 0.249. The Labute approximate surface area is 490 Å². The Balaban J connectivity index is 0.00000129. The van der Waals surface area contributed by atoms with Crippen LogP contribution in [0, 0.1) is 82.9 Å². The fourth-order valence-electron chi connectivity index (χ4n) is 14.0. The Hall–Kier alpha value is -0.560. The molecule has 80 heavy (non-hydrogen) atoms. The zero-order valence-corrected chi connectivity index (χ0v) is 53.8. The van der Waals surface area contributed by atoms with Crippen LogP contribution in [-0.4, -0.2) is 129 Å². The van der Waals surface area contributed by atoms with Crippen molar-refractivity contribution in [2.75, 3.05) is 0 Å². The fourth-order valence-corrected chi connectivity index (χ4v) is 14.0. The molecule has 0 N–H and O–H groups in total. The van der Waals surface area contributed by atoms with Crippen LogP contribution in [0.25, 0.3) is 0 Å². The third-order valence-corrected chi connectivity index (χ3v) is 21.1. The van der Waals surface area contributed by atoms with E-state index in [1.807, 2.05) is 13.8 Å². The van der Waals surface area contributed by atoms with Gasteiger partial charge in [0.05, 0.1) is 85.5 Å². The molecule has 0 saturated carbocycles. The highest BCUT2D eigenvalue weighted by atomic mass is 16.8. The normalized spacial score (nSPS) is 53.0. The highest BCUT2D eigenvalue weighted by Crippen LogP contribution is 2.47. The van der Waals surface area contributed by atoms with E-state index in [0.717, 1.165) is 0 Å². The molecule has 14 unspecified atom stereocenters. The molecule has 0 spiro atoms. The van der Waals surface area contributed by atoms with Gasteiger partial charge >= 0.3 is 0 Å². The van der Waals surface area contributed by atoms with Crippen molar-refractivity contribution in [2.45, 2.75) is 343 Å². The van der Waals surface area contributed by atoms with E-state index in [2.05, 4.69) is 159 Å².